The largest absolute Gasteiger partial charge is 0.387 e. The molecule has 1 aromatic heterocycles. The van der Waals surface area contributed by atoms with Crippen LogP contribution in [-0.2, 0) is 20.6 Å². The Morgan fingerprint density at radius 3 is 2.59 bits per heavy atom. The van der Waals surface area contributed by atoms with E-state index in [-0.39, 0.29) is 11.2 Å². The third kappa shape index (κ3) is 3.35. The summed E-state index contributed by atoms with van der Waals surface area (Å²) in [4.78, 5) is 23.6. The molecule has 1 unspecified atom stereocenters. The molecule has 0 aliphatic carbocycles. The second-order valence-corrected chi connectivity index (χ2v) is 5.42. The molecule has 0 fully saturated rings. The normalized spacial score (nSPS) is 12.4. The first-order chi connectivity index (χ1) is 10.4. The number of nitrogens with zero attached hydrogens (tertiary/aromatic N) is 2. The minimum absolute atomic E-state index is 0.295. The van der Waals surface area contributed by atoms with E-state index in [2.05, 4.69) is 5.32 Å². The summed E-state index contributed by atoms with van der Waals surface area (Å²) in [7, 11) is 3.06. The van der Waals surface area contributed by atoms with Gasteiger partial charge in [0.15, 0.2) is 0 Å². The van der Waals surface area contributed by atoms with Gasteiger partial charge in [0.05, 0.1) is 6.10 Å². The highest BCUT2D eigenvalue weighted by Crippen LogP contribution is 2.16. The molecule has 6 heteroatoms. The van der Waals surface area contributed by atoms with Crippen molar-refractivity contribution in [2.75, 3.05) is 6.54 Å². The lowest BCUT2D eigenvalue weighted by atomic mass is 10.0. The molecule has 2 aromatic rings. The number of hydrogen-bond donors (Lipinski definition) is 2. The Morgan fingerprint density at radius 2 is 1.91 bits per heavy atom. The van der Waals surface area contributed by atoms with E-state index in [1.54, 1.807) is 7.05 Å². The smallest absolute Gasteiger partial charge is 0.330 e. The molecule has 0 saturated heterocycles. The molecule has 1 atom stereocenters. The zero-order valence-electron chi connectivity index (χ0n) is 13.0. The number of hydrogen-bond acceptors (Lipinski definition) is 4. The summed E-state index contributed by atoms with van der Waals surface area (Å²) < 4.78 is 2.45. The fraction of sp³-hybridized carbons (Fsp3) is 0.375. The van der Waals surface area contributed by atoms with Gasteiger partial charge < -0.3 is 15.0 Å². The number of nitrogens with one attached hydrogen (secondary N) is 1. The minimum Gasteiger partial charge on any atom is -0.387 e. The molecule has 118 valence electrons. The Bertz CT molecular complexity index is 777. The average Bonchev–Trinajstić information content (AvgIpc) is 2.50. The van der Waals surface area contributed by atoms with Crippen molar-refractivity contribution in [1.29, 1.82) is 0 Å². The highest BCUT2D eigenvalue weighted by atomic mass is 16.3. The van der Waals surface area contributed by atoms with Gasteiger partial charge in [-0.1, -0.05) is 24.3 Å². The van der Waals surface area contributed by atoms with Gasteiger partial charge >= 0.3 is 5.69 Å². The van der Waals surface area contributed by atoms with Gasteiger partial charge in [0, 0.05) is 38.9 Å². The molecule has 2 N–H and O–H groups in total. The summed E-state index contributed by atoms with van der Waals surface area (Å²) in [6.45, 7) is 2.57. The summed E-state index contributed by atoms with van der Waals surface area (Å²) in [5.41, 5.74) is 1.70. The molecule has 0 bridgehead atoms. The lowest BCUT2D eigenvalue weighted by Crippen LogP contribution is -2.39. The Hall–Kier alpha value is -2.18. The van der Waals surface area contributed by atoms with Crippen LogP contribution in [0.25, 0.3) is 0 Å². The molecule has 2 rings (SSSR count). The van der Waals surface area contributed by atoms with Crippen molar-refractivity contribution in [2.45, 2.75) is 19.6 Å². The third-order valence-corrected chi connectivity index (χ3v) is 3.72. The summed E-state index contributed by atoms with van der Waals surface area (Å²) in [6, 6.07) is 7.63. The van der Waals surface area contributed by atoms with Crippen LogP contribution >= 0.6 is 0 Å². The number of benzene rings is 1. The van der Waals surface area contributed by atoms with E-state index in [0.717, 1.165) is 15.7 Å². The van der Waals surface area contributed by atoms with E-state index >= 15 is 0 Å². The first-order valence-electron chi connectivity index (χ1n) is 7.11. The summed E-state index contributed by atoms with van der Waals surface area (Å²) >= 11 is 0. The Morgan fingerprint density at radius 1 is 1.23 bits per heavy atom. The van der Waals surface area contributed by atoms with Crippen LogP contribution in [0.3, 0.4) is 0 Å². The molecule has 0 radical (unpaired) electrons. The van der Waals surface area contributed by atoms with Crippen molar-refractivity contribution in [3.8, 4) is 0 Å². The van der Waals surface area contributed by atoms with E-state index in [1.165, 1.54) is 17.8 Å². The van der Waals surface area contributed by atoms with Crippen molar-refractivity contribution in [2.24, 2.45) is 14.1 Å². The molecule has 0 amide bonds. The SMILES string of the molecule is Cc1ccccc1C(O)CNCc1cn(C)c(=O)n(C)c1=O. The van der Waals surface area contributed by atoms with E-state index in [4.69, 9.17) is 0 Å². The summed E-state index contributed by atoms with van der Waals surface area (Å²) in [6.07, 6.45) is 0.884. The molecule has 1 aromatic carbocycles. The second kappa shape index (κ2) is 6.72. The molecule has 0 saturated carbocycles. The molecule has 6 nitrogen and oxygen atoms in total. The lowest BCUT2D eigenvalue weighted by Gasteiger charge is -2.14. The monoisotopic (exact) mass is 303 g/mol. The fourth-order valence-corrected chi connectivity index (χ4v) is 2.42. The van der Waals surface area contributed by atoms with Gasteiger partial charge in [0.1, 0.15) is 0 Å². The van der Waals surface area contributed by atoms with Crippen molar-refractivity contribution in [3.63, 3.8) is 0 Å². The van der Waals surface area contributed by atoms with Crippen LogP contribution in [0, 0.1) is 6.92 Å². The van der Waals surface area contributed by atoms with Crippen LogP contribution in [0.15, 0.2) is 40.1 Å². The van der Waals surface area contributed by atoms with Crippen LogP contribution in [0.2, 0.25) is 0 Å². The third-order valence-electron chi connectivity index (χ3n) is 3.72. The van der Waals surface area contributed by atoms with Crippen LogP contribution in [0.1, 0.15) is 22.8 Å². The molecule has 1 heterocycles. The average molecular weight is 303 g/mol. The van der Waals surface area contributed by atoms with E-state index in [1.807, 2.05) is 31.2 Å². The summed E-state index contributed by atoms with van der Waals surface area (Å²) in [5, 5.41) is 13.3. The highest BCUT2D eigenvalue weighted by Gasteiger charge is 2.11. The fourth-order valence-electron chi connectivity index (χ4n) is 2.42. The zero-order valence-corrected chi connectivity index (χ0v) is 13.0. The van der Waals surface area contributed by atoms with E-state index in [9.17, 15) is 14.7 Å². The van der Waals surface area contributed by atoms with Crippen LogP contribution < -0.4 is 16.6 Å². The van der Waals surface area contributed by atoms with Crippen molar-refractivity contribution >= 4 is 0 Å². The Kier molecular flexibility index (Phi) is 4.95. The van der Waals surface area contributed by atoms with Crippen molar-refractivity contribution in [3.05, 3.63) is 68.0 Å². The van der Waals surface area contributed by atoms with Crippen LogP contribution in [-0.4, -0.2) is 20.8 Å². The van der Waals surface area contributed by atoms with Gasteiger partial charge in [-0.15, -0.1) is 0 Å². The van der Waals surface area contributed by atoms with Gasteiger partial charge in [-0.2, -0.15) is 0 Å². The molecular weight excluding hydrogens is 282 g/mol. The van der Waals surface area contributed by atoms with E-state index in [0.29, 0.717) is 18.7 Å². The topological polar surface area (TPSA) is 76.3 Å². The van der Waals surface area contributed by atoms with Crippen LogP contribution in [0.5, 0.6) is 0 Å². The van der Waals surface area contributed by atoms with Gasteiger partial charge in [0.25, 0.3) is 5.56 Å². The standard InChI is InChI=1S/C16H21N3O3/c1-11-6-4-5-7-13(11)14(20)9-17-8-12-10-18(2)16(22)19(3)15(12)21/h4-7,10,14,17,20H,8-9H2,1-3H3. The molecule has 0 aliphatic heterocycles. The number of aliphatic hydroxyl groups excluding tert-OH is 1. The van der Waals surface area contributed by atoms with Crippen molar-refractivity contribution < 1.29 is 5.11 Å². The second-order valence-electron chi connectivity index (χ2n) is 5.42. The molecule has 0 spiro atoms. The zero-order chi connectivity index (χ0) is 16.3. The Labute approximate surface area is 128 Å². The first-order valence-corrected chi connectivity index (χ1v) is 7.11. The predicted molar refractivity (Wildman–Crippen MR) is 84.8 cm³/mol. The van der Waals surface area contributed by atoms with E-state index < -0.39 is 6.10 Å². The number of rotatable bonds is 5. The van der Waals surface area contributed by atoms with Gasteiger partial charge in [-0.25, -0.2) is 4.79 Å². The maximum atomic E-state index is 12.0. The Balaban J connectivity index is 2.05. The maximum absolute atomic E-state index is 12.0. The van der Waals surface area contributed by atoms with Crippen LogP contribution in [0.4, 0.5) is 0 Å². The quantitative estimate of drug-likeness (QED) is 0.828. The maximum Gasteiger partial charge on any atom is 0.330 e. The molecule has 22 heavy (non-hydrogen) atoms. The summed E-state index contributed by atoms with van der Waals surface area (Å²) in [5.74, 6) is 0. The first kappa shape index (κ1) is 16.2. The predicted octanol–water partition coefficient (Wildman–Crippen LogP) is 0.216. The lowest BCUT2D eigenvalue weighted by molar-refractivity contribution is 0.173. The molecule has 0 aliphatic rings. The van der Waals surface area contributed by atoms with Gasteiger partial charge in [0.2, 0.25) is 0 Å². The molecular formula is C16H21N3O3. The van der Waals surface area contributed by atoms with Crippen molar-refractivity contribution in [1.82, 2.24) is 14.5 Å². The van der Waals surface area contributed by atoms with Gasteiger partial charge in [-0.3, -0.25) is 9.36 Å². The number of aryl methyl sites for hydroxylation is 2. The number of aromatic nitrogens is 2. The van der Waals surface area contributed by atoms with Gasteiger partial charge in [-0.05, 0) is 18.1 Å². The minimum atomic E-state index is -0.641. The highest BCUT2D eigenvalue weighted by molar-refractivity contribution is 5.27. The number of aliphatic hydroxyl groups is 1.